The number of ether oxygens (including phenoxy) is 3. The molecule has 0 spiro atoms. The van der Waals surface area contributed by atoms with Crippen LogP contribution in [0.2, 0.25) is 0 Å². The lowest BCUT2D eigenvalue weighted by Crippen LogP contribution is -2.66. The van der Waals surface area contributed by atoms with Gasteiger partial charge in [-0.3, -0.25) is 10.1 Å². The van der Waals surface area contributed by atoms with Gasteiger partial charge in [-0.2, -0.15) is 0 Å². The van der Waals surface area contributed by atoms with E-state index in [2.05, 4.69) is 5.32 Å². The molecule has 1 aromatic carbocycles. The van der Waals surface area contributed by atoms with Crippen LogP contribution in [0.3, 0.4) is 0 Å². The SMILES string of the molecule is O=C1CCN([C@@H]2CO[C@@H]3CO[C@@H](c4ccccc4)O[C@H]3[C@H]2O)C(=O)N1. The summed E-state index contributed by atoms with van der Waals surface area (Å²) in [6.45, 7) is 0.733. The average Bonchev–Trinajstić information content (AvgIpc) is 2.63. The minimum absolute atomic E-state index is 0.173. The minimum atomic E-state index is -0.923. The maximum atomic E-state index is 12.1. The molecule has 0 saturated carbocycles. The van der Waals surface area contributed by atoms with Crippen molar-refractivity contribution in [2.75, 3.05) is 19.8 Å². The van der Waals surface area contributed by atoms with Gasteiger partial charge in [0.05, 0.1) is 19.3 Å². The van der Waals surface area contributed by atoms with Crippen molar-refractivity contribution in [1.29, 1.82) is 0 Å². The highest BCUT2D eigenvalue weighted by molar-refractivity contribution is 5.96. The van der Waals surface area contributed by atoms with Gasteiger partial charge in [0.15, 0.2) is 6.29 Å². The number of carbonyl (C=O) groups excluding carboxylic acids is 2. The van der Waals surface area contributed by atoms with Crippen LogP contribution in [0.4, 0.5) is 4.79 Å². The smallest absolute Gasteiger partial charge is 0.324 e. The Morgan fingerprint density at radius 3 is 2.68 bits per heavy atom. The van der Waals surface area contributed by atoms with E-state index >= 15 is 0 Å². The molecule has 3 aliphatic heterocycles. The van der Waals surface area contributed by atoms with E-state index in [0.717, 1.165) is 5.56 Å². The van der Waals surface area contributed by atoms with Crippen LogP contribution in [0.5, 0.6) is 0 Å². The number of aliphatic hydroxyl groups is 1. The Kier molecular flexibility index (Phi) is 4.43. The van der Waals surface area contributed by atoms with Crippen molar-refractivity contribution in [3.8, 4) is 0 Å². The van der Waals surface area contributed by atoms with Crippen molar-refractivity contribution in [3.63, 3.8) is 0 Å². The van der Waals surface area contributed by atoms with E-state index in [1.54, 1.807) is 0 Å². The molecule has 1 aromatic rings. The first-order valence-corrected chi connectivity index (χ1v) is 8.35. The number of urea groups is 1. The summed E-state index contributed by atoms with van der Waals surface area (Å²) in [7, 11) is 0. The molecule has 3 fully saturated rings. The van der Waals surface area contributed by atoms with Crippen molar-refractivity contribution >= 4 is 11.9 Å². The molecule has 4 rings (SSSR count). The fourth-order valence-corrected chi connectivity index (χ4v) is 3.48. The van der Waals surface area contributed by atoms with Crippen molar-refractivity contribution in [2.45, 2.75) is 37.1 Å². The van der Waals surface area contributed by atoms with Crippen molar-refractivity contribution < 1.29 is 28.9 Å². The van der Waals surface area contributed by atoms with Gasteiger partial charge in [-0.1, -0.05) is 30.3 Å². The van der Waals surface area contributed by atoms with Gasteiger partial charge in [0.1, 0.15) is 18.3 Å². The van der Waals surface area contributed by atoms with Crippen LogP contribution in [-0.2, 0) is 19.0 Å². The molecule has 0 unspecified atom stereocenters. The van der Waals surface area contributed by atoms with E-state index in [9.17, 15) is 14.7 Å². The lowest BCUT2D eigenvalue weighted by Gasteiger charge is -2.48. The van der Waals surface area contributed by atoms with E-state index in [0.29, 0.717) is 6.61 Å². The number of carbonyl (C=O) groups is 2. The van der Waals surface area contributed by atoms with Crippen molar-refractivity contribution in [1.82, 2.24) is 10.2 Å². The molecular formula is C17H20N2O6. The van der Waals surface area contributed by atoms with Gasteiger partial charge in [-0.15, -0.1) is 0 Å². The number of imide groups is 1. The normalized spacial score (nSPS) is 35.9. The van der Waals surface area contributed by atoms with E-state index in [-0.39, 0.29) is 31.6 Å². The molecule has 0 bridgehead atoms. The van der Waals surface area contributed by atoms with E-state index in [4.69, 9.17) is 14.2 Å². The minimum Gasteiger partial charge on any atom is -0.388 e. The van der Waals surface area contributed by atoms with Crippen LogP contribution >= 0.6 is 0 Å². The molecule has 3 aliphatic rings. The molecule has 3 amide bonds. The van der Waals surface area contributed by atoms with Gasteiger partial charge in [0.25, 0.3) is 0 Å². The van der Waals surface area contributed by atoms with Crippen LogP contribution in [-0.4, -0.2) is 66.1 Å². The Labute approximate surface area is 144 Å². The predicted octanol–water partition coefficient (Wildman–Crippen LogP) is 0.171. The molecule has 5 atom stereocenters. The maximum Gasteiger partial charge on any atom is 0.324 e. The van der Waals surface area contributed by atoms with Gasteiger partial charge >= 0.3 is 6.03 Å². The van der Waals surface area contributed by atoms with Crippen LogP contribution < -0.4 is 5.32 Å². The second-order valence-electron chi connectivity index (χ2n) is 6.40. The van der Waals surface area contributed by atoms with Gasteiger partial charge < -0.3 is 24.2 Å². The molecular weight excluding hydrogens is 328 g/mol. The molecule has 2 N–H and O–H groups in total. The summed E-state index contributed by atoms with van der Waals surface area (Å²) in [6, 6.07) is 8.39. The van der Waals surface area contributed by atoms with Gasteiger partial charge in [-0.05, 0) is 0 Å². The Hall–Kier alpha value is -2.00. The molecule has 134 valence electrons. The number of fused-ring (bicyclic) bond motifs is 1. The zero-order chi connectivity index (χ0) is 17.4. The number of aliphatic hydroxyl groups excluding tert-OH is 1. The van der Waals surface area contributed by atoms with Gasteiger partial charge in [-0.25, -0.2) is 4.79 Å². The van der Waals surface area contributed by atoms with E-state index < -0.39 is 30.6 Å². The topological polar surface area (TPSA) is 97.3 Å². The highest BCUT2D eigenvalue weighted by atomic mass is 16.7. The third-order valence-corrected chi connectivity index (χ3v) is 4.83. The number of amides is 3. The summed E-state index contributed by atoms with van der Waals surface area (Å²) in [4.78, 5) is 24.8. The monoisotopic (exact) mass is 348 g/mol. The van der Waals surface area contributed by atoms with Crippen molar-refractivity contribution in [3.05, 3.63) is 35.9 Å². The first-order valence-electron chi connectivity index (χ1n) is 8.35. The van der Waals surface area contributed by atoms with Crippen LogP contribution in [0.15, 0.2) is 30.3 Å². The largest absolute Gasteiger partial charge is 0.388 e. The van der Waals surface area contributed by atoms with Crippen LogP contribution in [0.25, 0.3) is 0 Å². The Balaban J connectivity index is 1.48. The quantitative estimate of drug-likeness (QED) is 0.791. The molecule has 8 nitrogen and oxygen atoms in total. The first kappa shape index (κ1) is 16.5. The van der Waals surface area contributed by atoms with Crippen molar-refractivity contribution in [2.24, 2.45) is 0 Å². The molecule has 0 aliphatic carbocycles. The second-order valence-corrected chi connectivity index (χ2v) is 6.40. The zero-order valence-electron chi connectivity index (χ0n) is 13.5. The molecule has 0 aromatic heterocycles. The lowest BCUT2D eigenvalue weighted by molar-refractivity contribution is -0.307. The third-order valence-electron chi connectivity index (χ3n) is 4.83. The number of hydrogen-bond acceptors (Lipinski definition) is 6. The molecule has 8 heteroatoms. The Morgan fingerprint density at radius 1 is 1.12 bits per heavy atom. The Morgan fingerprint density at radius 2 is 1.92 bits per heavy atom. The fourth-order valence-electron chi connectivity index (χ4n) is 3.48. The lowest BCUT2D eigenvalue weighted by atomic mass is 9.95. The Bertz CT molecular complexity index is 654. The summed E-state index contributed by atoms with van der Waals surface area (Å²) in [5, 5.41) is 13.1. The zero-order valence-corrected chi connectivity index (χ0v) is 13.5. The summed E-state index contributed by atoms with van der Waals surface area (Å²) in [6.07, 6.45) is -2.30. The number of nitrogens with zero attached hydrogens (tertiary/aromatic N) is 1. The maximum absolute atomic E-state index is 12.1. The summed E-state index contributed by atoms with van der Waals surface area (Å²) in [5.74, 6) is -0.309. The second kappa shape index (κ2) is 6.72. The highest BCUT2D eigenvalue weighted by Crippen LogP contribution is 2.33. The number of nitrogens with one attached hydrogen (secondary N) is 1. The molecule has 3 heterocycles. The van der Waals surface area contributed by atoms with Gasteiger partial charge in [0.2, 0.25) is 5.91 Å². The standard InChI is InChI=1S/C17H20N2O6/c20-13-6-7-19(17(22)18-13)11-8-23-12-9-24-16(25-15(12)14(11)21)10-4-2-1-3-5-10/h1-5,11-12,14-16,21H,6-9H2,(H,18,20,22)/t11-,12-,14+,15-,16-/m1/s1. The number of benzene rings is 1. The van der Waals surface area contributed by atoms with E-state index in [1.165, 1.54) is 4.90 Å². The van der Waals surface area contributed by atoms with E-state index in [1.807, 2.05) is 30.3 Å². The fraction of sp³-hybridized carbons (Fsp3) is 0.529. The number of hydrogen-bond donors (Lipinski definition) is 2. The third kappa shape index (κ3) is 3.13. The number of rotatable bonds is 2. The molecule has 25 heavy (non-hydrogen) atoms. The highest BCUT2D eigenvalue weighted by Gasteiger charge is 2.48. The van der Waals surface area contributed by atoms with Crippen LogP contribution in [0.1, 0.15) is 18.3 Å². The summed E-state index contributed by atoms with van der Waals surface area (Å²) >= 11 is 0. The molecule has 0 radical (unpaired) electrons. The summed E-state index contributed by atoms with van der Waals surface area (Å²) < 4.78 is 17.4. The van der Waals surface area contributed by atoms with Gasteiger partial charge in [0, 0.05) is 18.5 Å². The molecule has 3 saturated heterocycles. The predicted molar refractivity (Wildman–Crippen MR) is 84.4 cm³/mol. The summed E-state index contributed by atoms with van der Waals surface area (Å²) in [5.41, 5.74) is 0.858. The first-order chi connectivity index (χ1) is 12.1. The van der Waals surface area contributed by atoms with Crippen LogP contribution in [0, 0.1) is 0 Å². The average molecular weight is 348 g/mol.